The van der Waals surface area contributed by atoms with Gasteiger partial charge < -0.3 is 15.2 Å². The number of amides is 1. The summed E-state index contributed by atoms with van der Waals surface area (Å²) in [6, 6.07) is 8.20. The van der Waals surface area contributed by atoms with Crippen LogP contribution in [0.5, 0.6) is 11.5 Å². The van der Waals surface area contributed by atoms with Crippen molar-refractivity contribution < 1.29 is 14.3 Å². The number of carbonyl (C=O) groups is 1. The van der Waals surface area contributed by atoms with E-state index in [0.717, 1.165) is 37.7 Å². The number of nitriles is 1. The Balaban J connectivity index is 1.91. The van der Waals surface area contributed by atoms with Crippen molar-refractivity contribution in [3.8, 4) is 17.6 Å². The zero-order valence-corrected chi connectivity index (χ0v) is 14.8. The van der Waals surface area contributed by atoms with Gasteiger partial charge in [-0.25, -0.2) is 0 Å². The third kappa shape index (κ3) is 3.58. The molecule has 25 heavy (non-hydrogen) atoms. The summed E-state index contributed by atoms with van der Waals surface area (Å²) < 4.78 is 11.6. The number of nitrogens with two attached hydrogens (primary N) is 1. The van der Waals surface area contributed by atoms with Gasteiger partial charge in [-0.3, -0.25) is 4.79 Å². The van der Waals surface area contributed by atoms with E-state index in [2.05, 4.69) is 6.07 Å². The molecule has 0 heterocycles. The molecule has 2 N–H and O–H groups in total. The van der Waals surface area contributed by atoms with E-state index in [1.165, 1.54) is 12.8 Å². The van der Waals surface area contributed by atoms with Crippen LogP contribution in [-0.4, -0.2) is 19.1 Å². The number of primary amides is 1. The molecule has 1 aromatic carbocycles. The first kappa shape index (κ1) is 17.6. The lowest BCUT2D eigenvalue weighted by Gasteiger charge is -2.35. The van der Waals surface area contributed by atoms with Crippen LogP contribution in [0.2, 0.25) is 0 Å². The van der Waals surface area contributed by atoms with Crippen molar-refractivity contribution in [2.24, 2.45) is 11.7 Å². The molecule has 5 nitrogen and oxygen atoms in total. The topological polar surface area (TPSA) is 85.3 Å². The van der Waals surface area contributed by atoms with E-state index in [9.17, 15) is 10.1 Å². The molecule has 2 fully saturated rings. The second-order valence-corrected chi connectivity index (χ2v) is 7.28. The Morgan fingerprint density at radius 2 is 2.00 bits per heavy atom. The Labute approximate surface area is 149 Å². The van der Waals surface area contributed by atoms with Gasteiger partial charge in [-0.2, -0.15) is 5.26 Å². The average Bonchev–Trinajstić information content (AvgIpc) is 3.14. The van der Waals surface area contributed by atoms with Crippen molar-refractivity contribution in [3.63, 3.8) is 0 Å². The largest absolute Gasteiger partial charge is 0.493 e. The lowest BCUT2D eigenvalue weighted by atomic mass is 9.66. The first-order valence-corrected chi connectivity index (χ1v) is 9.14. The van der Waals surface area contributed by atoms with Gasteiger partial charge in [-0.15, -0.1) is 0 Å². The first-order chi connectivity index (χ1) is 12.1. The highest BCUT2D eigenvalue weighted by Crippen LogP contribution is 2.44. The maximum atomic E-state index is 11.7. The number of carbonyl (C=O) groups excluding carboxylic acids is 1. The lowest BCUT2D eigenvalue weighted by molar-refractivity contribution is -0.123. The lowest BCUT2D eigenvalue weighted by Crippen LogP contribution is -2.37. The highest BCUT2D eigenvalue weighted by atomic mass is 16.5. The molecule has 1 amide bonds. The molecular formula is C20H26N2O3. The second kappa shape index (κ2) is 7.35. The van der Waals surface area contributed by atoms with Gasteiger partial charge in [0.2, 0.25) is 5.91 Å². The molecule has 134 valence electrons. The molecule has 0 bridgehead atoms. The van der Waals surface area contributed by atoms with E-state index >= 15 is 0 Å². The molecule has 0 saturated heterocycles. The molecule has 0 aliphatic heterocycles. The van der Waals surface area contributed by atoms with Gasteiger partial charge >= 0.3 is 0 Å². The van der Waals surface area contributed by atoms with Gasteiger partial charge in [-0.05, 0) is 62.6 Å². The van der Waals surface area contributed by atoms with Crippen LogP contribution < -0.4 is 15.2 Å². The maximum Gasteiger partial charge on any atom is 0.220 e. The number of hydrogen-bond donors (Lipinski definition) is 1. The SMILES string of the molecule is COc1ccc(C2(C#N)CCCC(C(N)=O)C2)cc1OC1CCCC1. The molecule has 2 atom stereocenters. The van der Waals surface area contributed by atoms with E-state index in [4.69, 9.17) is 15.2 Å². The van der Waals surface area contributed by atoms with E-state index in [1.54, 1.807) is 7.11 Å². The Morgan fingerprint density at radius 1 is 1.24 bits per heavy atom. The van der Waals surface area contributed by atoms with E-state index in [0.29, 0.717) is 17.9 Å². The predicted octanol–water partition coefficient (Wildman–Crippen LogP) is 3.45. The van der Waals surface area contributed by atoms with Crippen molar-refractivity contribution >= 4 is 5.91 Å². The summed E-state index contributed by atoms with van der Waals surface area (Å²) in [5, 5.41) is 9.92. The number of ether oxygens (including phenoxy) is 2. The Bertz CT molecular complexity index is 676. The summed E-state index contributed by atoms with van der Waals surface area (Å²) >= 11 is 0. The summed E-state index contributed by atoms with van der Waals surface area (Å²) in [6.07, 6.45) is 7.51. The predicted molar refractivity (Wildman–Crippen MR) is 94.3 cm³/mol. The van der Waals surface area contributed by atoms with E-state index in [-0.39, 0.29) is 17.9 Å². The summed E-state index contributed by atoms with van der Waals surface area (Å²) in [5.41, 5.74) is 5.73. The fraction of sp³-hybridized carbons (Fsp3) is 0.600. The minimum absolute atomic E-state index is 0.215. The molecule has 2 unspecified atom stereocenters. The van der Waals surface area contributed by atoms with Crippen molar-refractivity contribution in [2.75, 3.05) is 7.11 Å². The molecule has 0 radical (unpaired) electrons. The molecule has 2 aliphatic rings. The van der Waals surface area contributed by atoms with Crippen LogP contribution in [0.1, 0.15) is 56.9 Å². The highest BCUT2D eigenvalue weighted by Gasteiger charge is 2.40. The van der Waals surface area contributed by atoms with Crippen LogP contribution in [0.3, 0.4) is 0 Å². The van der Waals surface area contributed by atoms with Crippen molar-refractivity contribution in [1.29, 1.82) is 5.26 Å². The van der Waals surface area contributed by atoms with Gasteiger partial charge in [0.1, 0.15) is 0 Å². The molecule has 0 spiro atoms. The van der Waals surface area contributed by atoms with Crippen molar-refractivity contribution in [2.45, 2.75) is 62.9 Å². The van der Waals surface area contributed by atoms with Gasteiger partial charge in [-0.1, -0.05) is 12.5 Å². The zero-order chi connectivity index (χ0) is 17.9. The molecule has 2 saturated carbocycles. The third-order valence-electron chi connectivity index (χ3n) is 5.68. The summed E-state index contributed by atoms with van der Waals surface area (Å²) in [5.74, 6) is 0.832. The molecule has 5 heteroatoms. The summed E-state index contributed by atoms with van der Waals surface area (Å²) in [4.78, 5) is 11.7. The molecule has 2 aliphatic carbocycles. The van der Waals surface area contributed by atoms with Crippen molar-refractivity contribution in [3.05, 3.63) is 23.8 Å². The highest BCUT2D eigenvalue weighted by molar-refractivity contribution is 5.77. The second-order valence-electron chi connectivity index (χ2n) is 7.28. The monoisotopic (exact) mass is 342 g/mol. The molecule has 1 aromatic rings. The smallest absolute Gasteiger partial charge is 0.220 e. The van der Waals surface area contributed by atoms with Crippen LogP contribution in [0.15, 0.2) is 18.2 Å². The van der Waals surface area contributed by atoms with Gasteiger partial charge in [0.15, 0.2) is 11.5 Å². The number of methoxy groups -OCH3 is 1. The quantitative estimate of drug-likeness (QED) is 0.888. The zero-order valence-electron chi connectivity index (χ0n) is 14.8. The van der Waals surface area contributed by atoms with Gasteiger partial charge in [0.25, 0.3) is 0 Å². The fourth-order valence-electron chi connectivity index (χ4n) is 4.20. The van der Waals surface area contributed by atoms with Crippen LogP contribution in [0, 0.1) is 17.2 Å². The standard InChI is InChI=1S/C20H26N2O3/c1-24-17-9-8-15(11-18(17)25-16-6-2-3-7-16)20(13-21)10-4-5-14(12-20)19(22)23/h8-9,11,14,16H,2-7,10,12H2,1H3,(H2,22,23). The van der Waals surface area contributed by atoms with E-state index < -0.39 is 5.41 Å². The first-order valence-electron chi connectivity index (χ1n) is 9.14. The Morgan fingerprint density at radius 3 is 2.64 bits per heavy atom. The summed E-state index contributed by atoms with van der Waals surface area (Å²) in [7, 11) is 1.63. The maximum absolute atomic E-state index is 11.7. The normalized spacial score (nSPS) is 26.8. The molecule has 0 aromatic heterocycles. The number of nitrogens with zero attached hydrogens (tertiary/aromatic N) is 1. The van der Waals surface area contributed by atoms with Gasteiger partial charge in [0, 0.05) is 5.92 Å². The average molecular weight is 342 g/mol. The Hall–Kier alpha value is -2.22. The Kier molecular flexibility index (Phi) is 5.17. The van der Waals surface area contributed by atoms with Crippen LogP contribution in [-0.2, 0) is 10.2 Å². The minimum atomic E-state index is -0.683. The number of rotatable bonds is 5. The number of hydrogen-bond acceptors (Lipinski definition) is 4. The van der Waals surface area contributed by atoms with E-state index in [1.807, 2.05) is 18.2 Å². The van der Waals surface area contributed by atoms with Crippen LogP contribution in [0.4, 0.5) is 0 Å². The molecular weight excluding hydrogens is 316 g/mol. The van der Waals surface area contributed by atoms with Gasteiger partial charge in [0.05, 0.1) is 24.7 Å². The minimum Gasteiger partial charge on any atom is -0.493 e. The third-order valence-corrected chi connectivity index (χ3v) is 5.68. The molecule has 3 rings (SSSR count). The van der Waals surface area contributed by atoms with Crippen LogP contribution in [0.25, 0.3) is 0 Å². The number of benzene rings is 1. The summed E-state index contributed by atoms with van der Waals surface area (Å²) in [6.45, 7) is 0. The van der Waals surface area contributed by atoms with Crippen molar-refractivity contribution in [1.82, 2.24) is 0 Å². The van der Waals surface area contributed by atoms with Crippen LogP contribution >= 0.6 is 0 Å². The fourth-order valence-corrected chi connectivity index (χ4v) is 4.20.